The first-order chi connectivity index (χ1) is 11.2. The number of rotatable bonds is 8. The zero-order chi connectivity index (χ0) is 18.3. The largest absolute Gasteiger partial charge is 0.478 e. The molecule has 7 nitrogen and oxygen atoms in total. The average Bonchev–Trinajstić information content (AvgIpc) is 2.50. The number of halogens is 1. The fraction of sp³-hybridized carbons (Fsp3) is 0.250. The van der Waals surface area contributed by atoms with Crippen LogP contribution in [0.2, 0.25) is 5.02 Å². The van der Waals surface area contributed by atoms with E-state index in [0.29, 0.717) is 12.0 Å². The number of ether oxygens (including phenoxy) is 1. The van der Waals surface area contributed by atoms with Crippen LogP contribution in [-0.4, -0.2) is 28.6 Å². The lowest BCUT2D eigenvalue weighted by Gasteiger charge is -2.05. The number of nitro groups is 1. The van der Waals surface area contributed by atoms with Crippen molar-refractivity contribution >= 4 is 35.3 Å². The van der Waals surface area contributed by atoms with Crippen molar-refractivity contribution in [3.05, 3.63) is 56.6 Å². The van der Waals surface area contributed by atoms with E-state index in [-0.39, 0.29) is 34.9 Å². The van der Waals surface area contributed by atoms with Gasteiger partial charge in [0, 0.05) is 17.2 Å². The van der Waals surface area contributed by atoms with Crippen LogP contribution in [0, 0.1) is 10.1 Å². The first-order valence-corrected chi connectivity index (χ1v) is 7.30. The van der Waals surface area contributed by atoms with Crippen LogP contribution in [0.1, 0.15) is 25.3 Å². The average molecular weight is 354 g/mol. The van der Waals surface area contributed by atoms with E-state index in [1.54, 1.807) is 0 Å². The third kappa shape index (κ3) is 5.85. The highest BCUT2D eigenvalue weighted by Gasteiger charge is 2.14. The van der Waals surface area contributed by atoms with Gasteiger partial charge in [0.15, 0.2) is 0 Å². The highest BCUT2D eigenvalue weighted by Crippen LogP contribution is 2.26. The van der Waals surface area contributed by atoms with Gasteiger partial charge < -0.3 is 9.84 Å². The van der Waals surface area contributed by atoms with Gasteiger partial charge in [-0.1, -0.05) is 24.2 Å². The lowest BCUT2D eigenvalue weighted by molar-refractivity contribution is -0.384. The molecule has 0 bridgehead atoms. The molecule has 0 saturated carbocycles. The molecule has 0 aliphatic rings. The second kappa shape index (κ2) is 8.83. The topological polar surface area (TPSA) is 107 Å². The van der Waals surface area contributed by atoms with Gasteiger partial charge in [-0.15, -0.1) is 0 Å². The maximum Gasteiger partial charge on any atom is 0.333 e. The summed E-state index contributed by atoms with van der Waals surface area (Å²) < 4.78 is 4.88. The van der Waals surface area contributed by atoms with Crippen molar-refractivity contribution in [1.82, 2.24) is 0 Å². The standard InChI is InChI=1S/C16H16ClNO6/c1-10(2)16(21)24-7-3-4-12(15(19)20)8-11-5-6-13(17)14(9-11)18(22)23/h5-6,8-9H,1,3-4,7H2,2H3,(H,19,20). The van der Waals surface area contributed by atoms with E-state index in [4.69, 9.17) is 16.3 Å². The summed E-state index contributed by atoms with van der Waals surface area (Å²) in [6, 6.07) is 4.02. The zero-order valence-electron chi connectivity index (χ0n) is 13.0. The second-order valence-electron chi connectivity index (χ2n) is 4.96. The quantitative estimate of drug-likeness (QED) is 0.251. The number of hydrogen-bond donors (Lipinski definition) is 1. The number of nitro benzene ring substituents is 1. The van der Waals surface area contributed by atoms with Gasteiger partial charge in [0.25, 0.3) is 5.69 Å². The van der Waals surface area contributed by atoms with Gasteiger partial charge in [0.1, 0.15) is 5.02 Å². The summed E-state index contributed by atoms with van der Waals surface area (Å²) in [4.78, 5) is 32.7. The van der Waals surface area contributed by atoms with Crippen LogP contribution in [-0.2, 0) is 14.3 Å². The van der Waals surface area contributed by atoms with E-state index in [1.165, 1.54) is 31.2 Å². The third-order valence-corrected chi connectivity index (χ3v) is 3.27. The Morgan fingerprint density at radius 1 is 1.46 bits per heavy atom. The van der Waals surface area contributed by atoms with Crippen LogP contribution in [0.5, 0.6) is 0 Å². The Bertz CT molecular complexity index is 711. The van der Waals surface area contributed by atoms with Crippen LogP contribution in [0.15, 0.2) is 35.9 Å². The van der Waals surface area contributed by atoms with E-state index in [9.17, 15) is 24.8 Å². The molecule has 0 heterocycles. The molecule has 0 aliphatic carbocycles. The molecule has 1 rings (SSSR count). The number of benzene rings is 1. The molecule has 0 spiro atoms. The molecule has 0 fully saturated rings. The molecule has 0 saturated heterocycles. The maximum absolute atomic E-state index is 11.3. The lowest BCUT2D eigenvalue weighted by Crippen LogP contribution is -2.08. The number of carbonyl (C=O) groups excluding carboxylic acids is 1. The predicted molar refractivity (Wildman–Crippen MR) is 88.7 cm³/mol. The molecular weight excluding hydrogens is 338 g/mol. The normalized spacial score (nSPS) is 11.0. The number of hydrogen-bond acceptors (Lipinski definition) is 5. The molecule has 1 N–H and O–H groups in total. The minimum Gasteiger partial charge on any atom is -0.478 e. The van der Waals surface area contributed by atoms with Crippen LogP contribution in [0.4, 0.5) is 5.69 Å². The van der Waals surface area contributed by atoms with Crippen molar-refractivity contribution < 1.29 is 24.4 Å². The molecule has 0 aliphatic heterocycles. The first kappa shape index (κ1) is 19.4. The van der Waals surface area contributed by atoms with Gasteiger partial charge in [0.2, 0.25) is 0 Å². The predicted octanol–water partition coefficient (Wildman–Crippen LogP) is 3.62. The van der Waals surface area contributed by atoms with E-state index in [2.05, 4.69) is 6.58 Å². The Balaban J connectivity index is 2.81. The van der Waals surface area contributed by atoms with Crippen LogP contribution < -0.4 is 0 Å². The van der Waals surface area contributed by atoms with Crippen LogP contribution >= 0.6 is 11.6 Å². The highest BCUT2D eigenvalue weighted by atomic mass is 35.5. The fourth-order valence-corrected chi connectivity index (χ4v) is 1.94. The smallest absolute Gasteiger partial charge is 0.333 e. The van der Waals surface area contributed by atoms with Gasteiger partial charge in [-0.2, -0.15) is 0 Å². The van der Waals surface area contributed by atoms with Gasteiger partial charge in [-0.3, -0.25) is 10.1 Å². The van der Waals surface area contributed by atoms with Crippen molar-refractivity contribution in [1.29, 1.82) is 0 Å². The SMILES string of the molecule is C=C(C)C(=O)OCCCC(=Cc1ccc(Cl)c([N+](=O)[O-])c1)C(=O)O. The van der Waals surface area contributed by atoms with Gasteiger partial charge in [-0.05, 0) is 37.5 Å². The zero-order valence-corrected chi connectivity index (χ0v) is 13.7. The number of esters is 1. The molecule has 24 heavy (non-hydrogen) atoms. The van der Waals surface area contributed by atoms with E-state index in [0.717, 1.165) is 0 Å². The minimum absolute atomic E-state index is 0.0271. The van der Waals surface area contributed by atoms with Crippen molar-refractivity contribution in [2.45, 2.75) is 19.8 Å². The van der Waals surface area contributed by atoms with Crippen molar-refractivity contribution in [3.63, 3.8) is 0 Å². The van der Waals surface area contributed by atoms with Gasteiger partial charge >= 0.3 is 11.9 Å². The van der Waals surface area contributed by atoms with Crippen molar-refractivity contribution in [2.75, 3.05) is 6.61 Å². The number of aliphatic carboxylic acids is 1. The Morgan fingerprint density at radius 2 is 2.12 bits per heavy atom. The maximum atomic E-state index is 11.3. The second-order valence-corrected chi connectivity index (χ2v) is 5.37. The molecule has 0 atom stereocenters. The summed E-state index contributed by atoms with van der Waals surface area (Å²) in [6.45, 7) is 5.00. The third-order valence-electron chi connectivity index (χ3n) is 2.95. The summed E-state index contributed by atoms with van der Waals surface area (Å²) in [7, 11) is 0. The van der Waals surface area contributed by atoms with E-state index >= 15 is 0 Å². The highest BCUT2D eigenvalue weighted by molar-refractivity contribution is 6.32. The van der Waals surface area contributed by atoms with E-state index < -0.39 is 16.9 Å². The number of nitrogens with zero attached hydrogens (tertiary/aromatic N) is 1. The lowest BCUT2D eigenvalue weighted by atomic mass is 10.1. The molecule has 128 valence electrons. The molecule has 1 aromatic carbocycles. The van der Waals surface area contributed by atoms with Crippen molar-refractivity contribution in [2.24, 2.45) is 0 Å². The molecule has 0 aromatic heterocycles. The Kier molecular flexibility index (Phi) is 7.13. The molecule has 0 unspecified atom stereocenters. The summed E-state index contributed by atoms with van der Waals surface area (Å²) in [5.74, 6) is -1.69. The Hall–Kier alpha value is -2.67. The minimum atomic E-state index is -1.15. The Morgan fingerprint density at radius 3 is 2.67 bits per heavy atom. The summed E-state index contributed by atoms with van der Waals surface area (Å²) in [5.41, 5.74) is 0.350. The molecule has 0 radical (unpaired) electrons. The first-order valence-electron chi connectivity index (χ1n) is 6.92. The van der Waals surface area contributed by atoms with Crippen LogP contribution in [0.25, 0.3) is 6.08 Å². The van der Waals surface area contributed by atoms with Gasteiger partial charge in [0.05, 0.1) is 11.5 Å². The van der Waals surface area contributed by atoms with E-state index in [1.807, 2.05) is 0 Å². The van der Waals surface area contributed by atoms with Crippen LogP contribution in [0.3, 0.4) is 0 Å². The number of carboxylic acid groups (broad SMARTS) is 1. The fourth-order valence-electron chi connectivity index (χ4n) is 1.75. The molecular formula is C16H16ClNO6. The molecule has 1 aromatic rings. The molecule has 8 heteroatoms. The monoisotopic (exact) mass is 353 g/mol. The van der Waals surface area contributed by atoms with Crippen molar-refractivity contribution in [3.8, 4) is 0 Å². The number of carboxylic acids is 1. The summed E-state index contributed by atoms with van der Waals surface area (Å²) in [5, 5.41) is 20.0. The molecule has 0 amide bonds. The Labute approximate surface area is 143 Å². The summed E-state index contributed by atoms with van der Waals surface area (Å²) >= 11 is 5.71. The number of carbonyl (C=O) groups is 2. The summed E-state index contributed by atoms with van der Waals surface area (Å²) in [6.07, 6.45) is 1.76. The van der Waals surface area contributed by atoms with Gasteiger partial charge in [-0.25, -0.2) is 9.59 Å².